The van der Waals surface area contributed by atoms with Gasteiger partial charge in [0.15, 0.2) is 0 Å². The fourth-order valence-electron chi connectivity index (χ4n) is 3.08. The molecule has 0 saturated heterocycles. The van der Waals surface area contributed by atoms with Crippen molar-refractivity contribution in [2.75, 3.05) is 5.32 Å². The van der Waals surface area contributed by atoms with Gasteiger partial charge in [-0.1, -0.05) is 24.3 Å². The lowest BCUT2D eigenvalue weighted by Gasteiger charge is -2.25. The minimum atomic E-state index is 0.355. The SMILES string of the molecule is c1csc(-c2ccccc2NC2CCCc3occc32)c1. The Morgan fingerprint density at radius 2 is 2.05 bits per heavy atom. The van der Waals surface area contributed by atoms with Gasteiger partial charge >= 0.3 is 0 Å². The molecule has 1 aliphatic rings. The van der Waals surface area contributed by atoms with Gasteiger partial charge in [0, 0.05) is 28.1 Å². The summed E-state index contributed by atoms with van der Waals surface area (Å²) in [4.78, 5) is 1.31. The first kappa shape index (κ1) is 12.7. The number of anilines is 1. The minimum absolute atomic E-state index is 0.355. The molecule has 0 aliphatic heterocycles. The normalized spacial score (nSPS) is 17.4. The second-order valence-corrected chi connectivity index (χ2v) is 6.36. The van der Waals surface area contributed by atoms with Crippen LogP contribution >= 0.6 is 11.3 Å². The Hall–Kier alpha value is -2.00. The maximum Gasteiger partial charge on any atom is 0.109 e. The lowest BCUT2D eigenvalue weighted by Crippen LogP contribution is -2.16. The van der Waals surface area contributed by atoms with Crippen LogP contribution in [0.5, 0.6) is 0 Å². The molecule has 1 unspecified atom stereocenters. The van der Waals surface area contributed by atoms with Crippen LogP contribution in [0.3, 0.4) is 0 Å². The molecule has 2 nitrogen and oxygen atoms in total. The third kappa shape index (κ3) is 2.38. The molecule has 0 bridgehead atoms. The number of nitrogens with one attached hydrogen (secondary N) is 1. The highest BCUT2D eigenvalue weighted by Gasteiger charge is 2.23. The number of para-hydroxylation sites is 1. The summed E-state index contributed by atoms with van der Waals surface area (Å²) in [5.74, 6) is 1.15. The van der Waals surface area contributed by atoms with E-state index in [1.807, 2.05) is 6.26 Å². The zero-order chi connectivity index (χ0) is 14.1. The molecule has 1 aromatic carbocycles. The molecule has 3 aromatic rings. The summed E-state index contributed by atoms with van der Waals surface area (Å²) in [5.41, 5.74) is 3.81. The zero-order valence-electron chi connectivity index (χ0n) is 11.7. The Bertz CT molecular complexity index is 729. The number of benzene rings is 1. The minimum Gasteiger partial charge on any atom is -0.469 e. The van der Waals surface area contributed by atoms with E-state index in [0.717, 1.165) is 18.6 Å². The highest BCUT2D eigenvalue weighted by Crippen LogP contribution is 2.37. The zero-order valence-corrected chi connectivity index (χ0v) is 12.5. The molecule has 0 spiro atoms. The van der Waals surface area contributed by atoms with Gasteiger partial charge in [0.1, 0.15) is 5.76 Å². The van der Waals surface area contributed by atoms with Crippen molar-refractivity contribution in [2.45, 2.75) is 25.3 Å². The van der Waals surface area contributed by atoms with Crippen molar-refractivity contribution in [2.24, 2.45) is 0 Å². The number of thiophene rings is 1. The van der Waals surface area contributed by atoms with E-state index in [4.69, 9.17) is 4.42 Å². The molecule has 2 heterocycles. The molecular formula is C18H17NOS. The molecule has 1 N–H and O–H groups in total. The standard InChI is InChI=1S/C18H17NOS/c1-2-6-16(14(5-1)18-9-4-12-21-18)19-15-7-3-8-17-13(15)10-11-20-17/h1-2,4-6,9-12,15,19H,3,7-8H2. The summed E-state index contributed by atoms with van der Waals surface area (Å²) >= 11 is 1.78. The van der Waals surface area contributed by atoms with Crippen LogP contribution in [-0.2, 0) is 6.42 Å². The van der Waals surface area contributed by atoms with Crippen LogP contribution in [0.1, 0.15) is 30.2 Å². The fraction of sp³-hybridized carbons (Fsp3) is 0.222. The molecule has 1 atom stereocenters. The van der Waals surface area contributed by atoms with Gasteiger partial charge in [-0.25, -0.2) is 0 Å². The van der Waals surface area contributed by atoms with Crippen LogP contribution in [0.4, 0.5) is 5.69 Å². The van der Waals surface area contributed by atoms with Crippen molar-refractivity contribution in [3.63, 3.8) is 0 Å². The summed E-state index contributed by atoms with van der Waals surface area (Å²) in [5, 5.41) is 5.85. The van der Waals surface area contributed by atoms with Crippen molar-refractivity contribution in [3.8, 4) is 10.4 Å². The number of rotatable bonds is 3. The van der Waals surface area contributed by atoms with E-state index in [1.54, 1.807) is 11.3 Å². The predicted octanol–water partition coefficient (Wildman–Crippen LogP) is 5.50. The van der Waals surface area contributed by atoms with E-state index in [1.165, 1.54) is 28.1 Å². The third-order valence-electron chi connectivity index (χ3n) is 4.10. The molecule has 0 radical (unpaired) electrons. The van der Waals surface area contributed by atoms with Gasteiger partial charge in [0.25, 0.3) is 0 Å². The van der Waals surface area contributed by atoms with Crippen molar-refractivity contribution >= 4 is 17.0 Å². The van der Waals surface area contributed by atoms with E-state index < -0.39 is 0 Å². The first-order valence-corrected chi connectivity index (χ1v) is 8.25. The molecule has 21 heavy (non-hydrogen) atoms. The Balaban J connectivity index is 1.68. The van der Waals surface area contributed by atoms with Gasteiger partial charge in [-0.3, -0.25) is 0 Å². The molecular weight excluding hydrogens is 278 g/mol. The first-order chi connectivity index (χ1) is 10.4. The second kappa shape index (κ2) is 5.41. The van der Waals surface area contributed by atoms with Gasteiger partial charge in [0.05, 0.1) is 12.3 Å². The summed E-state index contributed by atoms with van der Waals surface area (Å²) in [6.45, 7) is 0. The van der Waals surface area contributed by atoms with Crippen molar-refractivity contribution in [1.29, 1.82) is 0 Å². The second-order valence-electron chi connectivity index (χ2n) is 5.41. The summed E-state index contributed by atoms with van der Waals surface area (Å²) in [6, 6.07) is 15.3. The largest absolute Gasteiger partial charge is 0.469 e. The Labute approximate surface area is 128 Å². The predicted molar refractivity (Wildman–Crippen MR) is 87.8 cm³/mol. The number of furan rings is 1. The smallest absolute Gasteiger partial charge is 0.109 e. The van der Waals surface area contributed by atoms with E-state index in [-0.39, 0.29) is 0 Å². The lowest BCUT2D eigenvalue weighted by atomic mass is 9.93. The highest BCUT2D eigenvalue weighted by molar-refractivity contribution is 7.13. The van der Waals surface area contributed by atoms with Gasteiger partial charge in [-0.15, -0.1) is 11.3 Å². The van der Waals surface area contributed by atoms with E-state index in [0.29, 0.717) is 6.04 Å². The van der Waals surface area contributed by atoms with Gasteiger partial charge in [0.2, 0.25) is 0 Å². The van der Waals surface area contributed by atoms with Gasteiger partial charge < -0.3 is 9.73 Å². The average Bonchev–Trinajstić information content (AvgIpc) is 3.20. The number of fused-ring (bicyclic) bond motifs is 1. The Kier molecular flexibility index (Phi) is 3.28. The van der Waals surface area contributed by atoms with Crippen LogP contribution in [0.25, 0.3) is 10.4 Å². The molecule has 106 valence electrons. The number of hydrogen-bond donors (Lipinski definition) is 1. The maximum atomic E-state index is 5.59. The summed E-state index contributed by atoms with van der Waals surface area (Å²) in [6.07, 6.45) is 5.22. The molecule has 2 aromatic heterocycles. The van der Waals surface area contributed by atoms with Crippen LogP contribution in [0.15, 0.2) is 58.5 Å². The van der Waals surface area contributed by atoms with Crippen LogP contribution < -0.4 is 5.32 Å². The van der Waals surface area contributed by atoms with Crippen molar-refractivity contribution < 1.29 is 4.42 Å². The summed E-state index contributed by atoms with van der Waals surface area (Å²) in [7, 11) is 0. The Morgan fingerprint density at radius 1 is 1.10 bits per heavy atom. The van der Waals surface area contributed by atoms with Crippen molar-refractivity contribution in [3.05, 3.63) is 65.4 Å². The molecule has 1 aliphatic carbocycles. The fourth-order valence-corrected chi connectivity index (χ4v) is 3.85. The Morgan fingerprint density at radius 3 is 2.95 bits per heavy atom. The molecule has 3 heteroatoms. The number of hydrogen-bond acceptors (Lipinski definition) is 3. The quantitative estimate of drug-likeness (QED) is 0.690. The van der Waals surface area contributed by atoms with Gasteiger partial charge in [-0.05, 0) is 36.4 Å². The van der Waals surface area contributed by atoms with E-state index in [9.17, 15) is 0 Å². The van der Waals surface area contributed by atoms with Gasteiger partial charge in [-0.2, -0.15) is 0 Å². The van der Waals surface area contributed by atoms with Crippen LogP contribution in [-0.4, -0.2) is 0 Å². The molecule has 0 fully saturated rings. The third-order valence-corrected chi connectivity index (χ3v) is 5.00. The summed E-state index contributed by atoms with van der Waals surface area (Å²) < 4.78 is 5.59. The lowest BCUT2D eigenvalue weighted by molar-refractivity contribution is 0.461. The van der Waals surface area contributed by atoms with Crippen molar-refractivity contribution in [1.82, 2.24) is 0 Å². The average molecular weight is 295 g/mol. The molecule has 4 rings (SSSR count). The van der Waals surface area contributed by atoms with Crippen LogP contribution in [0, 0.1) is 0 Å². The monoisotopic (exact) mass is 295 g/mol. The maximum absolute atomic E-state index is 5.59. The highest BCUT2D eigenvalue weighted by atomic mass is 32.1. The van der Waals surface area contributed by atoms with E-state index >= 15 is 0 Å². The molecule has 0 amide bonds. The van der Waals surface area contributed by atoms with E-state index in [2.05, 4.69) is 53.2 Å². The first-order valence-electron chi connectivity index (χ1n) is 7.37. The van der Waals surface area contributed by atoms with Crippen LogP contribution in [0.2, 0.25) is 0 Å². The topological polar surface area (TPSA) is 25.2 Å². The molecule has 0 saturated carbocycles. The number of aryl methyl sites for hydroxylation is 1.